The number of hydrogen-bond donors (Lipinski definition) is 3. The second-order valence-electron chi connectivity index (χ2n) is 45.9. The first kappa shape index (κ1) is 95.2. The number of ether oxygens (including phenoxy) is 1. The summed E-state index contributed by atoms with van der Waals surface area (Å²) >= 11 is 0. The second kappa shape index (κ2) is 37.6. The predicted octanol–water partition coefficient (Wildman–Crippen LogP) is 19.1. The minimum Gasteiger partial charge on any atom is -0.395 e. The van der Waals surface area contributed by atoms with Crippen molar-refractivity contribution in [1.82, 2.24) is 35.1 Å². The molecule has 0 aromatic heterocycles. The summed E-state index contributed by atoms with van der Waals surface area (Å²) in [5, 5.41) is 15.7. The Morgan fingerprint density at radius 3 is 0.832 bits per heavy atom. The van der Waals surface area contributed by atoms with Crippen molar-refractivity contribution in [1.29, 1.82) is 0 Å². The maximum atomic E-state index is 12.3. The van der Waals surface area contributed by atoms with E-state index in [9.17, 15) is 9.59 Å². The molecule has 686 valence electrons. The number of hydrogen-bond acceptors (Lipinski definition) is 14. The van der Waals surface area contributed by atoms with Crippen LogP contribution in [-0.2, 0) is 42.0 Å². The summed E-state index contributed by atoms with van der Waals surface area (Å²) in [7, 11) is 4.04. The average Bonchev–Trinajstić information content (AvgIpc) is 1.63. The van der Waals surface area contributed by atoms with Gasteiger partial charge in [-0.3, -0.25) is 4.79 Å². The van der Waals surface area contributed by atoms with Gasteiger partial charge in [0.15, 0.2) is 0 Å². The molecule has 6 saturated heterocycles. The van der Waals surface area contributed by atoms with Gasteiger partial charge in [0, 0.05) is 198 Å². The Hall–Kier alpha value is -7.38. The minimum atomic E-state index is 0.0822. The highest BCUT2D eigenvalue weighted by molar-refractivity contribution is 5.76. The summed E-state index contributed by atoms with van der Waals surface area (Å²) < 4.78 is 5.23. The number of aliphatic hydroxyl groups excluding tert-OH is 1. The highest BCUT2D eigenvalue weighted by Gasteiger charge is 2.54. The van der Waals surface area contributed by atoms with E-state index in [0.29, 0.717) is 21.7 Å². The Kier molecular flexibility index (Phi) is 28.6. The highest BCUT2D eigenvalue weighted by atomic mass is 16.5. The number of piperidine rings is 6. The molecule has 0 atom stereocenters. The van der Waals surface area contributed by atoms with Crippen LogP contribution >= 0.6 is 0 Å². The van der Waals surface area contributed by atoms with Crippen LogP contribution in [0.5, 0.6) is 0 Å². The second-order valence-corrected chi connectivity index (χ2v) is 45.9. The fraction of sp³-hybridized carbons (Fsp3) is 0.648. The quantitative estimate of drug-likeness (QED) is 0.147. The number of nitrogens with one attached hydrogen (secondary N) is 2. The third kappa shape index (κ3) is 20.5. The number of methoxy groups -OCH3 is 1. The molecule has 17 nitrogen and oxygen atoms in total. The van der Waals surface area contributed by atoms with Gasteiger partial charge in [-0.25, -0.2) is 4.79 Å². The summed E-state index contributed by atoms with van der Waals surface area (Å²) in [6.45, 7) is 70.0. The summed E-state index contributed by atoms with van der Waals surface area (Å²) in [4.78, 5) is 50.8. The van der Waals surface area contributed by atoms with E-state index in [-0.39, 0.29) is 68.7 Å². The van der Waals surface area contributed by atoms with Crippen LogP contribution in [0, 0.1) is 0 Å². The van der Waals surface area contributed by atoms with Crippen LogP contribution in [0.15, 0.2) is 146 Å². The van der Waals surface area contributed by atoms with Crippen LogP contribution in [-0.4, -0.2) is 239 Å². The molecule has 12 aliphatic rings. The van der Waals surface area contributed by atoms with E-state index in [2.05, 4.69) is 332 Å². The van der Waals surface area contributed by atoms with Gasteiger partial charge in [-0.05, 0) is 345 Å². The van der Waals surface area contributed by atoms with E-state index in [0.717, 1.165) is 117 Å². The van der Waals surface area contributed by atoms with Crippen LogP contribution in [0.1, 0.15) is 256 Å². The van der Waals surface area contributed by atoms with Crippen LogP contribution in [0.2, 0.25) is 0 Å². The number of carbonyl (C=O) groups is 2. The molecular weight excluding hydrogens is 1540 g/mol. The van der Waals surface area contributed by atoms with E-state index in [1.54, 1.807) is 36.3 Å². The molecule has 12 heterocycles. The van der Waals surface area contributed by atoms with Crippen molar-refractivity contribution in [2.75, 3.05) is 188 Å². The number of β-amino-alcohol motifs (C(OH)–C–C–N with tert-alkyl or cyclic N) is 1. The zero-order chi connectivity index (χ0) is 90.1. The number of urea groups is 1. The van der Waals surface area contributed by atoms with Crippen molar-refractivity contribution >= 4 is 46.1 Å². The molecule has 12 aliphatic heterocycles. The summed E-state index contributed by atoms with van der Waals surface area (Å²) in [6.07, 6.45) is 14.3. The molecule has 6 fully saturated rings. The molecule has 125 heavy (non-hydrogen) atoms. The molecule has 6 aromatic carbocycles. The molecule has 6 aromatic rings. The summed E-state index contributed by atoms with van der Waals surface area (Å²) in [5.41, 5.74) is 20.8. The van der Waals surface area contributed by atoms with Crippen molar-refractivity contribution in [3.8, 4) is 0 Å². The Bertz CT molecular complexity index is 4560. The average molecular weight is 1710 g/mol. The molecule has 0 unspecified atom stereocenters. The van der Waals surface area contributed by atoms with Gasteiger partial charge < -0.3 is 74.4 Å². The standard InChI is InChI=1S/C20H31N3O.C19H30N2O.C18H26N2O.C18H28N2O.C17H26N2.C16H24N2/c1-15(2)21-18(24)22-12-10-20(11-13-22)14-23(19(3,4)5)17-9-7-6-8-16(17)20;1-18(2,3)21-15-19(16-7-5-6-8-17(16)21)9-11-20(12-10-19)13-14-22-4;1-14(21)19-11-9-18(10-12-19)13-20(17(2,3)4)16-8-6-5-7-15(16)18;1-17(2,3)20-14-18(15-6-4-5-7-16(15)20)8-10-19(11-9-18)12-13-21;1-16(2,3)19-13-17(9-11-18(4)12-10-17)14-7-5-6-8-15(14)19;1-15(2,3)18-12-16(8-10-17-11-9-16)13-6-4-5-7-14(13)18/h6-9,15H,10-14H2,1-5H3,(H,21,24);5-8H,9-15H2,1-4H3;5-8H,9-13H2,1-4H3;4-7,21H,8-14H2,1-3H3;5-8H,9-13H2,1-4H3;4-7,17H,8-12H2,1-3H3. The number of likely N-dealkylation sites (tertiary alicyclic amines) is 5. The number of carbonyl (C=O) groups excluding carboxylic acids is 2. The lowest BCUT2D eigenvalue weighted by molar-refractivity contribution is -0.130. The van der Waals surface area contributed by atoms with Gasteiger partial charge in [0.05, 0.1) is 13.2 Å². The maximum absolute atomic E-state index is 12.3. The minimum absolute atomic E-state index is 0.0822. The zero-order valence-corrected chi connectivity index (χ0v) is 82.1. The number of benzene rings is 6. The number of nitrogens with zero attached hydrogens (tertiary/aromatic N) is 11. The molecular formula is C108H165N13O4. The molecule has 18 rings (SSSR count). The van der Waals surface area contributed by atoms with Gasteiger partial charge >= 0.3 is 6.03 Å². The van der Waals surface area contributed by atoms with Crippen LogP contribution in [0.25, 0.3) is 0 Å². The molecule has 0 aliphatic carbocycles. The van der Waals surface area contributed by atoms with Gasteiger partial charge in [-0.1, -0.05) is 109 Å². The van der Waals surface area contributed by atoms with Gasteiger partial charge in [-0.15, -0.1) is 0 Å². The number of anilines is 6. The number of rotatable bonds is 6. The van der Waals surface area contributed by atoms with Gasteiger partial charge in [0.25, 0.3) is 0 Å². The fourth-order valence-electron chi connectivity index (χ4n) is 23.4. The van der Waals surface area contributed by atoms with E-state index in [1.165, 1.54) is 142 Å². The van der Waals surface area contributed by atoms with E-state index >= 15 is 0 Å². The first-order valence-corrected chi connectivity index (χ1v) is 48.4. The smallest absolute Gasteiger partial charge is 0.317 e. The van der Waals surface area contributed by atoms with Gasteiger partial charge in [-0.2, -0.15) is 0 Å². The lowest BCUT2D eigenvalue weighted by Gasteiger charge is -2.42. The molecule has 17 heteroatoms. The third-order valence-corrected chi connectivity index (χ3v) is 31.0. The Balaban J connectivity index is 0.000000129. The number of aliphatic hydroxyl groups is 1. The predicted molar refractivity (Wildman–Crippen MR) is 526 cm³/mol. The summed E-state index contributed by atoms with van der Waals surface area (Å²) in [5.74, 6) is 0.212. The van der Waals surface area contributed by atoms with Crippen molar-refractivity contribution < 1.29 is 19.4 Å². The van der Waals surface area contributed by atoms with E-state index < -0.39 is 0 Å². The normalized spacial score (nSPS) is 21.4. The maximum Gasteiger partial charge on any atom is 0.317 e. The van der Waals surface area contributed by atoms with Crippen molar-refractivity contribution in [3.05, 3.63) is 179 Å². The van der Waals surface area contributed by atoms with Crippen LogP contribution in [0.3, 0.4) is 0 Å². The Morgan fingerprint density at radius 2 is 0.592 bits per heavy atom. The Morgan fingerprint density at radius 1 is 0.360 bits per heavy atom. The molecule has 3 amide bonds. The molecule has 3 N–H and O–H groups in total. The Labute approximate surface area is 757 Å². The molecule has 0 bridgehead atoms. The SMILES string of the molecule is CC(=O)N1CCC2(CC1)CN(C(C)(C)C)c1ccccc12.CC(C)(C)N1CC2(CCN(CCO)CC2)c2ccccc21.CC(C)(C)N1CC2(CCNCC2)c2ccccc21.CC(C)NC(=O)N1CCC2(CC1)CN(C(C)(C)C)c1ccccc12.CN1CCC2(CC1)CN(C(C)(C)C)c1ccccc12.COCCN1CCC2(CC1)CN(C(C)(C)C)c1ccccc12. The summed E-state index contributed by atoms with van der Waals surface area (Å²) in [6, 6.07) is 54.1. The van der Waals surface area contributed by atoms with Crippen LogP contribution in [0.4, 0.5) is 38.9 Å². The van der Waals surface area contributed by atoms with Crippen molar-refractivity contribution in [2.45, 2.75) is 294 Å². The highest BCUT2D eigenvalue weighted by Crippen LogP contribution is 2.56. The molecule has 6 spiro atoms. The van der Waals surface area contributed by atoms with Crippen molar-refractivity contribution in [3.63, 3.8) is 0 Å². The number of amides is 3. The first-order chi connectivity index (χ1) is 58.9. The lowest BCUT2D eigenvalue weighted by atomic mass is 9.74. The van der Waals surface area contributed by atoms with Gasteiger partial charge in [0.1, 0.15) is 0 Å². The van der Waals surface area contributed by atoms with Crippen molar-refractivity contribution in [2.24, 2.45) is 0 Å². The lowest BCUT2D eigenvalue weighted by Crippen LogP contribution is -2.52. The number of fused-ring (bicyclic) bond motifs is 12. The monoisotopic (exact) mass is 1710 g/mol. The molecule has 0 radical (unpaired) electrons. The zero-order valence-electron chi connectivity index (χ0n) is 82.1. The fourth-order valence-corrected chi connectivity index (χ4v) is 23.4. The van der Waals surface area contributed by atoms with Gasteiger partial charge in [0.2, 0.25) is 5.91 Å². The molecule has 0 saturated carbocycles. The van der Waals surface area contributed by atoms with Crippen LogP contribution < -0.4 is 40.0 Å². The third-order valence-electron chi connectivity index (χ3n) is 31.0. The topological polar surface area (TPSA) is 123 Å². The first-order valence-electron chi connectivity index (χ1n) is 48.4. The van der Waals surface area contributed by atoms with E-state index in [4.69, 9.17) is 9.84 Å². The largest absolute Gasteiger partial charge is 0.395 e. The number of para-hydroxylation sites is 6. The van der Waals surface area contributed by atoms with E-state index in [1.807, 2.05) is 23.6 Å².